The van der Waals surface area contributed by atoms with Gasteiger partial charge in [0.2, 0.25) is 5.91 Å². The van der Waals surface area contributed by atoms with Crippen molar-refractivity contribution in [3.8, 4) is 6.07 Å². The summed E-state index contributed by atoms with van der Waals surface area (Å²) in [6.45, 7) is 3.25. The number of methoxy groups -OCH3 is 1. The van der Waals surface area contributed by atoms with Crippen molar-refractivity contribution >= 4 is 17.7 Å². The van der Waals surface area contributed by atoms with Gasteiger partial charge in [-0.15, -0.1) is 10.2 Å². The molecule has 0 spiro atoms. The Morgan fingerprint density at radius 1 is 1.54 bits per heavy atom. The zero-order valence-electron chi connectivity index (χ0n) is 14.3. The predicted octanol–water partition coefficient (Wildman–Crippen LogP) is 2.14. The minimum absolute atomic E-state index is 0.116. The van der Waals surface area contributed by atoms with Crippen molar-refractivity contribution in [1.82, 2.24) is 20.1 Å². The first-order chi connectivity index (χ1) is 11.6. The Kier molecular flexibility index (Phi) is 7.06. The highest BCUT2D eigenvalue weighted by Crippen LogP contribution is 2.29. The van der Waals surface area contributed by atoms with Crippen molar-refractivity contribution in [2.45, 2.75) is 67.9 Å². The summed E-state index contributed by atoms with van der Waals surface area (Å²) in [5, 5.41) is 20.8. The van der Waals surface area contributed by atoms with Gasteiger partial charge in [-0.3, -0.25) is 4.79 Å². The molecule has 0 radical (unpaired) electrons. The van der Waals surface area contributed by atoms with Crippen molar-refractivity contribution in [2.24, 2.45) is 0 Å². The lowest BCUT2D eigenvalue weighted by Gasteiger charge is -2.32. The quantitative estimate of drug-likeness (QED) is 0.570. The monoisotopic (exact) mass is 351 g/mol. The molecule has 1 aromatic heterocycles. The number of aromatic nitrogens is 3. The average molecular weight is 351 g/mol. The second kappa shape index (κ2) is 9.04. The van der Waals surface area contributed by atoms with Crippen LogP contribution in [0.2, 0.25) is 0 Å². The molecule has 2 rings (SSSR count). The molecular formula is C16H25N5O2S. The van der Waals surface area contributed by atoms with Gasteiger partial charge < -0.3 is 14.6 Å². The number of nitrogens with one attached hydrogen (secondary N) is 1. The summed E-state index contributed by atoms with van der Waals surface area (Å²) in [5.41, 5.74) is -0.698. The fraction of sp³-hybridized carbons (Fsp3) is 0.750. The second-order valence-corrected chi connectivity index (χ2v) is 7.47. The highest BCUT2D eigenvalue weighted by molar-refractivity contribution is 8.00. The molecule has 24 heavy (non-hydrogen) atoms. The van der Waals surface area contributed by atoms with Crippen LogP contribution in [0, 0.1) is 11.3 Å². The lowest BCUT2D eigenvalue weighted by atomic mass is 9.83. The SMILES string of the molecule is COCCCn1cnnc1SC(C)C(=O)NC1(C#N)CCCCC1. The first-order valence-corrected chi connectivity index (χ1v) is 9.25. The third kappa shape index (κ3) is 4.95. The number of aryl methyl sites for hydroxylation is 1. The standard InChI is InChI=1S/C16H25N5O2S/c1-13(14(22)19-16(11-17)7-4-3-5-8-16)24-15-20-18-12-21(15)9-6-10-23-2/h12-13H,3-10H2,1-2H3,(H,19,22). The number of amides is 1. The topological polar surface area (TPSA) is 92.8 Å². The maximum absolute atomic E-state index is 12.5. The molecule has 8 heteroatoms. The molecule has 1 atom stereocenters. The molecule has 1 N–H and O–H groups in total. The first-order valence-electron chi connectivity index (χ1n) is 8.37. The third-order valence-corrected chi connectivity index (χ3v) is 5.36. The van der Waals surface area contributed by atoms with Crippen molar-refractivity contribution < 1.29 is 9.53 Å². The van der Waals surface area contributed by atoms with Crippen LogP contribution in [0.5, 0.6) is 0 Å². The van der Waals surface area contributed by atoms with E-state index in [1.54, 1.807) is 13.4 Å². The van der Waals surface area contributed by atoms with E-state index in [-0.39, 0.29) is 11.2 Å². The zero-order chi connectivity index (χ0) is 17.4. The summed E-state index contributed by atoms with van der Waals surface area (Å²) >= 11 is 1.37. The Morgan fingerprint density at radius 3 is 2.96 bits per heavy atom. The summed E-state index contributed by atoms with van der Waals surface area (Å²) in [6, 6.07) is 2.32. The second-order valence-electron chi connectivity index (χ2n) is 6.16. The molecule has 1 aliphatic rings. The van der Waals surface area contributed by atoms with E-state index in [9.17, 15) is 10.1 Å². The lowest BCUT2D eigenvalue weighted by Crippen LogP contribution is -2.51. The van der Waals surface area contributed by atoms with Crippen molar-refractivity contribution in [1.29, 1.82) is 5.26 Å². The fourth-order valence-corrected chi connectivity index (χ4v) is 3.69. The van der Waals surface area contributed by atoms with E-state index in [0.717, 1.165) is 45.1 Å². The fourth-order valence-electron chi connectivity index (χ4n) is 2.84. The van der Waals surface area contributed by atoms with Gasteiger partial charge in [0.25, 0.3) is 0 Å². The minimum atomic E-state index is -0.698. The Labute approximate surface area is 147 Å². The molecule has 1 amide bonds. The van der Waals surface area contributed by atoms with Crippen LogP contribution in [0.1, 0.15) is 45.4 Å². The molecule has 7 nitrogen and oxygen atoms in total. The minimum Gasteiger partial charge on any atom is -0.385 e. The van der Waals surface area contributed by atoms with Gasteiger partial charge in [0.1, 0.15) is 11.9 Å². The van der Waals surface area contributed by atoms with Gasteiger partial charge in [0, 0.05) is 20.3 Å². The Hall–Kier alpha value is -1.59. The van der Waals surface area contributed by atoms with Crippen molar-refractivity contribution in [3.63, 3.8) is 0 Å². The van der Waals surface area contributed by atoms with Gasteiger partial charge in [-0.2, -0.15) is 5.26 Å². The van der Waals surface area contributed by atoms with E-state index in [1.807, 2.05) is 11.5 Å². The van der Waals surface area contributed by atoms with Crippen LogP contribution in [-0.2, 0) is 16.1 Å². The van der Waals surface area contributed by atoms with Crippen LogP contribution in [0.3, 0.4) is 0 Å². The Balaban J connectivity index is 1.92. The van der Waals surface area contributed by atoms with Crippen LogP contribution in [0.25, 0.3) is 0 Å². The van der Waals surface area contributed by atoms with Crippen LogP contribution in [0.15, 0.2) is 11.5 Å². The first kappa shape index (κ1) is 18.7. The number of hydrogen-bond donors (Lipinski definition) is 1. The zero-order valence-corrected chi connectivity index (χ0v) is 15.1. The van der Waals surface area contributed by atoms with Gasteiger partial charge in [0.05, 0.1) is 11.3 Å². The third-order valence-electron chi connectivity index (χ3n) is 4.26. The molecule has 0 aromatic carbocycles. The predicted molar refractivity (Wildman–Crippen MR) is 91.4 cm³/mol. The van der Waals surface area contributed by atoms with Gasteiger partial charge in [-0.05, 0) is 26.2 Å². The lowest BCUT2D eigenvalue weighted by molar-refractivity contribution is -0.121. The van der Waals surface area contributed by atoms with E-state index >= 15 is 0 Å². The van der Waals surface area contributed by atoms with Gasteiger partial charge >= 0.3 is 0 Å². The number of thioether (sulfide) groups is 1. The molecule has 1 heterocycles. The van der Waals surface area contributed by atoms with Gasteiger partial charge in [-0.25, -0.2) is 0 Å². The molecule has 0 bridgehead atoms. The number of nitrogens with zero attached hydrogens (tertiary/aromatic N) is 4. The van der Waals surface area contributed by atoms with Crippen LogP contribution >= 0.6 is 11.8 Å². The van der Waals surface area contributed by atoms with Crippen LogP contribution < -0.4 is 5.32 Å². The van der Waals surface area contributed by atoms with E-state index in [2.05, 4.69) is 21.6 Å². The highest BCUT2D eigenvalue weighted by Gasteiger charge is 2.35. The molecule has 0 saturated heterocycles. The number of carbonyl (C=O) groups is 1. The molecular weight excluding hydrogens is 326 g/mol. The molecule has 1 aliphatic carbocycles. The summed E-state index contributed by atoms with van der Waals surface area (Å²) < 4.78 is 6.98. The molecule has 1 unspecified atom stereocenters. The largest absolute Gasteiger partial charge is 0.385 e. The van der Waals surface area contributed by atoms with Crippen LogP contribution in [0.4, 0.5) is 0 Å². The van der Waals surface area contributed by atoms with Crippen molar-refractivity contribution in [3.05, 3.63) is 6.33 Å². The average Bonchev–Trinajstić information content (AvgIpc) is 3.03. The summed E-state index contributed by atoms with van der Waals surface area (Å²) in [5.74, 6) is -0.116. The highest BCUT2D eigenvalue weighted by atomic mass is 32.2. The van der Waals surface area contributed by atoms with E-state index < -0.39 is 5.54 Å². The molecule has 132 valence electrons. The van der Waals surface area contributed by atoms with Gasteiger partial charge in [0.15, 0.2) is 5.16 Å². The summed E-state index contributed by atoms with van der Waals surface area (Å²) in [4.78, 5) is 12.5. The molecule has 1 aromatic rings. The molecule has 1 fully saturated rings. The summed E-state index contributed by atoms with van der Waals surface area (Å²) in [6.07, 6.45) is 7.11. The maximum Gasteiger partial charge on any atom is 0.234 e. The van der Waals surface area contributed by atoms with E-state index in [4.69, 9.17) is 4.74 Å². The molecule has 1 saturated carbocycles. The van der Waals surface area contributed by atoms with Crippen molar-refractivity contribution in [2.75, 3.05) is 13.7 Å². The normalized spacial score (nSPS) is 17.9. The Morgan fingerprint density at radius 2 is 2.29 bits per heavy atom. The number of carbonyl (C=O) groups excluding carboxylic acids is 1. The number of ether oxygens (including phenoxy) is 1. The van der Waals surface area contributed by atoms with Gasteiger partial charge in [-0.1, -0.05) is 31.0 Å². The van der Waals surface area contributed by atoms with E-state index in [1.165, 1.54) is 11.8 Å². The number of hydrogen-bond acceptors (Lipinski definition) is 6. The molecule has 0 aliphatic heterocycles. The number of nitriles is 1. The summed E-state index contributed by atoms with van der Waals surface area (Å²) in [7, 11) is 1.67. The number of rotatable bonds is 8. The Bertz CT molecular complexity index is 577. The van der Waals surface area contributed by atoms with E-state index in [0.29, 0.717) is 11.8 Å². The van der Waals surface area contributed by atoms with Crippen LogP contribution in [-0.4, -0.2) is 45.2 Å². The maximum atomic E-state index is 12.5. The smallest absolute Gasteiger partial charge is 0.234 e.